The molecule has 6 heteroatoms. The summed E-state index contributed by atoms with van der Waals surface area (Å²) in [6.07, 6.45) is 2.27. The number of rotatable bonds is 4. The number of hydrogen-bond acceptors (Lipinski definition) is 5. The van der Waals surface area contributed by atoms with Crippen LogP contribution in [0.2, 0.25) is 0 Å². The van der Waals surface area contributed by atoms with E-state index in [0.29, 0.717) is 17.6 Å². The molecule has 0 unspecified atom stereocenters. The number of nitrogens with zero attached hydrogens (tertiary/aromatic N) is 2. The van der Waals surface area contributed by atoms with Gasteiger partial charge in [-0.2, -0.15) is 4.98 Å². The molecular formula is C13H13IN4O. The van der Waals surface area contributed by atoms with Gasteiger partial charge in [0.2, 0.25) is 5.88 Å². The summed E-state index contributed by atoms with van der Waals surface area (Å²) >= 11 is 2.24. The van der Waals surface area contributed by atoms with Crippen LogP contribution in [0.3, 0.4) is 0 Å². The topological polar surface area (TPSA) is 73.1 Å². The summed E-state index contributed by atoms with van der Waals surface area (Å²) in [5, 5.41) is 0. The molecule has 0 atom stereocenters. The summed E-state index contributed by atoms with van der Waals surface area (Å²) < 4.78 is 6.88. The predicted octanol–water partition coefficient (Wildman–Crippen LogP) is 3.04. The van der Waals surface area contributed by atoms with Crippen LogP contribution in [-0.2, 0) is 0 Å². The lowest BCUT2D eigenvalue weighted by Crippen LogP contribution is -2.10. The fourth-order valence-corrected chi connectivity index (χ4v) is 2.26. The lowest BCUT2D eigenvalue weighted by molar-refractivity contribution is 0.458. The number of benzene rings is 1. The van der Waals surface area contributed by atoms with Gasteiger partial charge in [0.05, 0.1) is 0 Å². The molecule has 1 aliphatic rings. The van der Waals surface area contributed by atoms with E-state index in [4.69, 9.17) is 10.6 Å². The molecule has 1 aromatic carbocycles. The lowest BCUT2D eigenvalue weighted by Gasteiger charge is -2.08. The minimum atomic E-state index is 0.451. The minimum absolute atomic E-state index is 0.451. The van der Waals surface area contributed by atoms with Gasteiger partial charge in [0.1, 0.15) is 17.4 Å². The van der Waals surface area contributed by atoms with Gasteiger partial charge < -0.3 is 10.2 Å². The van der Waals surface area contributed by atoms with Crippen LogP contribution < -0.4 is 16.0 Å². The number of nitrogens with two attached hydrogens (primary N) is 1. The molecule has 98 valence electrons. The highest BCUT2D eigenvalue weighted by Gasteiger charge is 2.27. The maximum Gasteiger partial charge on any atom is 0.224 e. The number of hydrazine groups is 1. The summed E-state index contributed by atoms with van der Waals surface area (Å²) in [6.45, 7) is 0. The highest BCUT2D eigenvalue weighted by atomic mass is 127. The van der Waals surface area contributed by atoms with Crippen LogP contribution in [0, 0.1) is 3.57 Å². The van der Waals surface area contributed by atoms with Crippen LogP contribution in [0.15, 0.2) is 30.3 Å². The second-order valence-corrected chi connectivity index (χ2v) is 5.67. The molecule has 0 radical (unpaired) electrons. The van der Waals surface area contributed by atoms with Crippen molar-refractivity contribution in [2.75, 3.05) is 5.43 Å². The molecule has 2 aromatic rings. The van der Waals surface area contributed by atoms with Crippen LogP contribution in [0.4, 0.5) is 5.82 Å². The third-order valence-corrected chi connectivity index (χ3v) is 3.50. The number of hydrogen-bond donors (Lipinski definition) is 2. The monoisotopic (exact) mass is 368 g/mol. The van der Waals surface area contributed by atoms with E-state index in [1.54, 1.807) is 6.07 Å². The van der Waals surface area contributed by atoms with Crippen molar-refractivity contribution in [2.24, 2.45) is 5.84 Å². The van der Waals surface area contributed by atoms with Crippen molar-refractivity contribution in [1.29, 1.82) is 0 Å². The fourth-order valence-electron chi connectivity index (χ4n) is 1.74. The number of aromatic nitrogens is 2. The molecule has 0 saturated heterocycles. The van der Waals surface area contributed by atoms with Crippen molar-refractivity contribution in [1.82, 2.24) is 9.97 Å². The molecular weight excluding hydrogens is 355 g/mol. The van der Waals surface area contributed by atoms with Gasteiger partial charge in [-0.15, -0.1) is 0 Å². The molecule has 19 heavy (non-hydrogen) atoms. The Morgan fingerprint density at radius 3 is 2.79 bits per heavy atom. The number of nitrogen functional groups attached to an aromatic ring is 1. The van der Waals surface area contributed by atoms with Crippen molar-refractivity contribution in [2.45, 2.75) is 18.8 Å². The first-order valence-electron chi connectivity index (χ1n) is 6.03. The van der Waals surface area contributed by atoms with Crippen LogP contribution in [0.1, 0.15) is 24.6 Å². The molecule has 1 aliphatic carbocycles. The van der Waals surface area contributed by atoms with E-state index in [1.165, 1.54) is 0 Å². The zero-order valence-corrected chi connectivity index (χ0v) is 12.3. The Bertz CT molecular complexity index is 601. The van der Waals surface area contributed by atoms with Gasteiger partial charge in [0.15, 0.2) is 0 Å². The second kappa shape index (κ2) is 5.30. The Morgan fingerprint density at radius 1 is 1.26 bits per heavy atom. The Labute approximate surface area is 124 Å². The largest absolute Gasteiger partial charge is 0.439 e. The van der Waals surface area contributed by atoms with Gasteiger partial charge in [-0.3, -0.25) is 0 Å². The highest BCUT2D eigenvalue weighted by molar-refractivity contribution is 14.1. The van der Waals surface area contributed by atoms with Gasteiger partial charge in [-0.05, 0) is 53.6 Å². The summed E-state index contributed by atoms with van der Waals surface area (Å²) in [7, 11) is 0. The van der Waals surface area contributed by atoms with E-state index in [0.717, 1.165) is 28.0 Å². The quantitative estimate of drug-likeness (QED) is 0.493. The van der Waals surface area contributed by atoms with Crippen molar-refractivity contribution >= 4 is 28.4 Å². The average molecular weight is 368 g/mol. The first-order valence-corrected chi connectivity index (χ1v) is 7.11. The van der Waals surface area contributed by atoms with Gasteiger partial charge in [-0.25, -0.2) is 10.8 Å². The zero-order valence-electron chi connectivity index (χ0n) is 10.1. The SMILES string of the molecule is NNc1cc(Oc2cccc(I)c2)nc(C2CC2)n1. The van der Waals surface area contributed by atoms with E-state index in [1.807, 2.05) is 24.3 Å². The summed E-state index contributed by atoms with van der Waals surface area (Å²) in [5.41, 5.74) is 2.55. The number of anilines is 1. The molecule has 3 N–H and O–H groups in total. The molecule has 1 heterocycles. The van der Waals surface area contributed by atoms with Crippen molar-refractivity contribution in [3.05, 3.63) is 39.7 Å². The molecule has 0 aliphatic heterocycles. The molecule has 1 saturated carbocycles. The van der Waals surface area contributed by atoms with E-state index in [2.05, 4.69) is 38.0 Å². The van der Waals surface area contributed by atoms with E-state index >= 15 is 0 Å². The Morgan fingerprint density at radius 2 is 2.11 bits per heavy atom. The lowest BCUT2D eigenvalue weighted by atomic mass is 10.3. The van der Waals surface area contributed by atoms with Crippen molar-refractivity contribution in [3.63, 3.8) is 0 Å². The first kappa shape index (κ1) is 12.6. The summed E-state index contributed by atoms with van der Waals surface area (Å²) in [6, 6.07) is 9.51. The predicted molar refractivity (Wildman–Crippen MR) is 81.1 cm³/mol. The average Bonchev–Trinajstić information content (AvgIpc) is 3.22. The van der Waals surface area contributed by atoms with Gasteiger partial charge in [0, 0.05) is 15.6 Å². The summed E-state index contributed by atoms with van der Waals surface area (Å²) in [4.78, 5) is 8.78. The number of nitrogens with one attached hydrogen (secondary N) is 1. The van der Waals surface area contributed by atoms with Gasteiger partial charge >= 0.3 is 0 Å². The Hall–Kier alpha value is -1.41. The Kier molecular flexibility index (Phi) is 3.52. The van der Waals surface area contributed by atoms with Crippen LogP contribution in [-0.4, -0.2) is 9.97 Å². The van der Waals surface area contributed by atoms with Crippen molar-refractivity contribution in [3.8, 4) is 11.6 Å². The van der Waals surface area contributed by atoms with Crippen LogP contribution in [0.5, 0.6) is 11.6 Å². The number of ether oxygens (including phenoxy) is 1. The normalized spacial score (nSPS) is 14.2. The molecule has 0 spiro atoms. The maximum atomic E-state index is 5.77. The van der Waals surface area contributed by atoms with Gasteiger partial charge in [-0.1, -0.05) is 6.07 Å². The molecule has 0 amide bonds. The number of halogens is 1. The maximum absolute atomic E-state index is 5.77. The van der Waals surface area contributed by atoms with Crippen LogP contribution in [0.25, 0.3) is 0 Å². The molecule has 1 aromatic heterocycles. The third kappa shape index (κ3) is 3.13. The highest BCUT2D eigenvalue weighted by Crippen LogP contribution is 2.39. The summed E-state index contributed by atoms with van der Waals surface area (Å²) in [5.74, 6) is 8.54. The Balaban J connectivity index is 1.89. The van der Waals surface area contributed by atoms with Gasteiger partial charge in [0.25, 0.3) is 0 Å². The first-order chi connectivity index (χ1) is 9.24. The van der Waals surface area contributed by atoms with E-state index in [-0.39, 0.29) is 0 Å². The van der Waals surface area contributed by atoms with E-state index < -0.39 is 0 Å². The molecule has 0 bridgehead atoms. The third-order valence-electron chi connectivity index (χ3n) is 2.83. The molecule has 3 rings (SSSR count). The standard InChI is InChI=1S/C13H13IN4O/c14-9-2-1-3-10(6-9)19-12-7-11(18-15)16-13(17-12)8-4-5-8/h1-3,6-8H,4-5,15H2,(H,16,17,18). The fraction of sp³-hybridized carbons (Fsp3) is 0.231. The molecule has 1 fully saturated rings. The van der Waals surface area contributed by atoms with Crippen LogP contribution >= 0.6 is 22.6 Å². The zero-order chi connectivity index (χ0) is 13.2. The van der Waals surface area contributed by atoms with Crippen molar-refractivity contribution < 1.29 is 4.74 Å². The smallest absolute Gasteiger partial charge is 0.224 e. The molecule has 5 nitrogen and oxygen atoms in total. The second-order valence-electron chi connectivity index (χ2n) is 4.43. The minimum Gasteiger partial charge on any atom is -0.439 e. The van der Waals surface area contributed by atoms with E-state index in [9.17, 15) is 0 Å².